The molecule has 0 aromatic heterocycles. The normalized spacial score (nSPS) is 19.4. The highest BCUT2D eigenvalue weighted by molar-refractivity contribution is 7.89. The van der Waals surface area contributed by atoms with E-state index in [1.165, 1.54) is 7.05 Å². The van der Waals surface area contributed by atoms with Crippen LogP contribution in [0.1, 0.15) is 26.7 Å². The summed E-state index contributed by atoms with van der Waals surface area (Å²) in [6.45, 7) is 6.16. The molecule has 0 aliphatic carbocycles. The number of piperidine rings is 1. The fraction of sp³-hybridized carbons (Fsp3) is 0.917. The molecule has 1 heterocycles. The van der Waals surface area contributed by atoms with Gasteiger partial charge in [-0.05, 0) is 38.3 Å². The third kappa shape index (κ3) is 5.08. The zero-order chi connectivity index (χ0) is 14.5. The first-order valence-corrected chi connectivity index (χ1v) is 8.31. The summed E-state index contributed by atoms with van der Waals surface area (Å²) in [5.41, 5.74) is 0.114. The Labute approximate surface area is 116 Å². The number of rotatable bonds is 6. The number of nitrogens with zero attached hydrogens (tertiary/aromatic N) is 1. The fourth-order valence-corrected chi connectivity index (χ4v) is 2.85. The van der Waals surface area contributed by atoms with Crippen molar-refractivity contribution in [2.75, 3.05) is 39.0 Å². The summed E-state index contributed by atoms with van der Waals surface area (Å²) in [5, 5.41) is 6.13. The Morgan fingerprint density at radius 2 is 1.95 bits per heavy atom. The predicted molar refractivity (Wildman–Crippen MR) is 75.3 cm³/mol. The number of likely N-dealkylation sites (N-methyl/N-ethyl adjacent to an activating group) is 1. The van der Waals surface area contributed by atoms with Gasteiger partial charge in [0.05, 0.1) is 12.3 Å². The molecular weight excluding hydrogens is 266 g/mol. The molecule has 1 aliphatic heterocycles. The summed E-state index contributed by atoms with van der Waals surface area (Å²) < 4.78 is 24.2. The van der Waals surface area contributed by atoms with E-state index in [0.717, 1.165) is 30.2 Å². The Bertz CT molecular complexity index is 402. The van der Waals surface area contributed by atoms with Crippen LogP contribution in [-0.4, -0.2) is 57.6 Å². The minimum Gasteiger partial charge on any atom is -0.354 e. The molecule has 1 fully saturated rings. The molecule has 0 spiro atoms. The van der Waals surface area contributed by atoms with Gasteiger partial charge in [0.15, 0.2) is 0 Å². The monoisotopic (exact) mass is 291 g/mol. The molecule has 0 bridgehead atoms. The Morgan fingerprint density at radius 3 is 2.47 bits per heavy atom. The molecule has 19 heavy (non-hydrogen) atoms. The van der Waals surface area contributed by atoms with Crippen molar-refractivity contribution < 1.29 is 13.2 Å². The Kier molecular flexibility index (Phi) is 5.76. The third-order valence-electron chi connectivity index (χ3n) is 3.73. The second-order valence-corrected chi connectivity index (χ2v) is 7.86. The van der Waals surface area contributed by atoms with Crippen LogP contribution in [0.25, 0.3) is 0 Å². The molecule has 0 aromatic carbocycles. The summed E-state index contributed by atoms with van der Waals surface area (Å²) >= 11 is 0. The molecular formula is C12H25N3O3S. The van der Waals surface area contributed by atoms with Gasteiger partial charge in [-0.3, -0.25) is 4.79 Å². The lowest BCUT2D eigenvalue weighted by Gasteiger charge is -2.34. The van der Waals surface area contributed by atoms with Gasteiger partial charge in [-0.2, -0.15) is 4.31 Å². The SMILES string of the molecule is CCS(=O)(=O)N(C)CC(=O)NCC1(C)CCNCC1. The summed E-state index contributed by atoms with van der Waals surface area (Å²) in [7, 11) is -1.85. The van der Waals surface area contributed by atoms with Crippen LogP contribution in [0.2, 0.25) is 0 Å². The van der Waals surface area contributed by atoms with Crippen LogP contribution in [-0.2, 0) is 14.8 Å². The van der Waals surface area contributed by atoms with Crippen molar-refractivity contribution >= 4 is 15.9 Å². The van der Waals surface area contributed by atoms with Crippen molar-refractivity contribution in [3.63, 3.8) is 0 Å². The summed E-state index contributed by atoms with van der Waals surface area (Å²) in [6.07, 6.45) is 2.05. The highest BCUT2D eigenvalue weighted by atomic mass is 32.2. The standard InChI is InChI=1S/C12H25N3O3S/c1-4-19(17,18)15(3)9-11(16)14-10-12(2)5-7-13-8-6-12/h13H,4-10H2,1-3H3,(H,14,16). The van der Waals surface area contributed by atoms with Gasteiger partial charge in [-0.25, -0.2) is 8.42 Å². The van der Waals surface area contributed by atoms with Crippen LogP contribution in [0.15, 0.2) is 0 Å². The smallest absolute Gasteiger partial charge is 0.235 e. The van der Waals surface area contributed by atoms with Crippen LogP contribution in [0.5, 0.6) is 0 Å². The van der Waals surface area contributed by atoms with Gasteiger partial charge in [0.25, 0.3) is 0 Å². The van der Waals surface area contributed by atoms with Crippen LogP contribution in [0, 0.1) is 5.41 Å². The van der Waals surface area contributed by atoms with Crippen LogP contribution in [0.3, 0.4) is 0 Å². The van der Waals surface area contributed by atoms with E-state index >= 15 is 0 Å². The molecule has 0 atom stereocenters. The minimum atomic E-state index is -3.29. The maximum atomic E-state index is 11.8. The van der Waals surface area contributed by atoms with Crippen molar-refractivity contribution in [2.24, 2.45) is 5.41 Å². The molecule has 6 nitrogen and oxygen atoms in total. The second-order valence-electron chi connectivity index (χ2n) is 5.49. The topological polar surface area (TPSA) is 78.5 Å². The van der Waals surface area contributed by atoms with Gasteiger partial charge in [0.2, 0.25) is 15.9 Å². The van der Waals surface area contributed by atoms with Crippen LogP contribution in [0.4, 0.5) is 0 Å². The molecule has 1 rings (SSSR count). The lowest BCUT2D eigenvalue weighted by atomic mass is 9.81. The van der Waals surface area contributed by atoms with Crippen molar-refractivity contribution in [3.8, 4) is 0 Å². The van der Waals surface area contributed by atoms with Gasteiger partial charge in [-0.1, -0.05) is 6.92 Å². The van der Waals surface area contributed by atoms with Crippen molar-refractivity contribution in [1.29, 1.82) is 0 Å². The molecule has 1 amide bonds. The molecule has 0 saturated carbocycles. The summed E-state index contributed by atoms with van der Waals surface area (Å²) in [4.78, 5) is 11.8. The molecule has 7 heteroatoms. The first-order chi connectivity index (χ1) is 8.79. The summed E-state index contributed by atoms with van der Waals surface area (Å²) in [6, 6.07) is 0. The zero-order valence-electron chi connectivity index (χ0n) is 12.0. The molecule has 1 saturated heterocycles. The average Bonchev–Trinajstić information content (AvgIpc) is 2.37. The highest BCUT2D eigenvalue weighted by Gasteiger charge is 2.27. The van der Waals surface area contributed by atoms with Gasteiger partial charge in [-0.15, -0.1) is 0 Å². The highest BCUT2D eigenvalue weighted by Crippen LogP contribution is 2.26. The second kappa shape index (κ2) is 6.67. The van der Waals surface area contributed by atoms with Gasteiger partial charge in [0, 0.05) is 13.6 Å². The number of nitrogens with one attached hydrogen (secondary N) is 2. The van der Waals surface area contributed by atoms with E-state index in [1.807, 2.05) is 0 Å². The molecule has 0 unspecified atom stereocenters. The summed E-state index contributed by atoms with van der Waals surface area (Å²) in [5.74, 6) is -0.223. The van der Waals surface area contributed by atoms with E-state index in [-0.39, 0.29) is 23.6 Å². The molecule has 2 N–H and O–H groups in total. The number of amides is 1. The molecule has 0 aromatic rings. The average molecular weight is 291 g/mol. The van der Waals surface area contributed by atoms with Crippen LogP contribution < -0.4 is 10.6 Å². The van der Waals surface area contributed by atoms with E-state index in [2.05, 4.69) is 17.6 Å². The maximum Gasteiger partial charge on any atom is 0.235 e. The first-order valence-electron chi connectivity index (χ1n) is 6.70. The number of hydrogen-bond acceptors (Lipinski definition) is 4. The quantitative estimate of drug-likeness (QED) is 0.709. The van der Waals surface area contributed by atoms with E-state index in [0.29, 0.717) is 6.54 Å². The van der Waals surface area contributed by atoms with Crippen molar-refractivity contribution in [3.05, 3.63) is 0 Å². The molecule has 0 radical (unpaired) electrons. The zero-order valence-corrected chi connectivity index (χ0v) is 12.8. The third-order valence-corrected chi connectivity index (χ3v) is 5.54. The van der Waals surface area contributed by atoms with E-state index in [1.54, 1.807) is 6.92 Å². The molecule has 1 aliphatic rings. The largest absolute Gasteiger partial charge is 0.354 e. The first kappa shape index (κ1) is 16.4. The van der Waals surface area contributed by atoms with Gasteiger partial charge < -0.3 is 10.6 Å². The Hall–Kier alpha value is -0.660. The minimum absolute atomic E-state index is 0.0141. The maximum absolute atomic E-state index is 11.8. The Balaban J connectivity index is 2.39. The van der Waals surface area contributed by atoms with Gasteiger partial charge in [0.1, 0.15) is 0 Å². The Morgan fingerprint density at radius 1 is 1.37 bits per heavy atom. The van der Waals surface area contributed by atoms with E-state index in [9.17, 15) is 13.2 Å². The van der Waals surface area contributed by atoms with E-state index in [4.69, 9.17) is 0 Å². The fourth-order valence-electron chi connectivity index (χ4n) is 2.10. The number of carbonyl (C=O) groups is 1. The lowest BCUT2D eigenvalue weighted by Crippen LogP contribution is -2.45. The number of carbonyl (C=O) groups excluding carboxylic acids is 1. The lowest BCUT2D eigenvalue weighted by molar-refractivity contribution is -0.121. The van der Waals surface area contributed by atoms with Gasteiger partial charge >= 0.3 is 0 Å². The predicted octanol–water partition coefficient (Wildman–Crippen LogP) is -0.226. The van der Waals surface area contributed by atoms with E-state index < -0.39 is 10.0 Å². The van der Waals surface area contributed by atoms with Crippen molar-refractivity contribution in [2.45, 2.75) is 26.7 Å². The van der Waals surface area contributed by atoms with Crippen LogP contribution >= 0.6 is 0 Å². The molecule has 112 valence electrons. The number of sulfonamides is 1. The number of hydrogen-bond donors (Lipinski definition) is 2. The van der Waals surface area contributed by atoms with Crippen molar-refractivity contribution in [1.82, 2.24) is 14.9 Å².